The van der Waals surface area contributed by atoms with Crippen LogP contribution in [0.3, 0.4) is 0 Å². The summed E-state index contributed by atoms with van der Waals surface area (Å²) in [5.74, 6) is 0.212. The molecule has 0 amide bonds. The molecule has 0 aromatic heterocycles. The minimum absolute atomic E-state index is 0.0473. The number of Topliss-reactive ketones (excluding diaryl/α,β-unsaturated/α-hetero) is 1. The number of carbonyl (C=O) groups is 1. The zero-order valence-corrected chi connectivity index (χ0v) is 11.9. The lowest BCUT2D eigenvalue weighted by atomic mass is 9.90. The monoisotopic (exact) mass is 245 g/mol. The maximum Gasteiger partial charge on any atom is 0.154 e. The minimum atomic E-state index is 0.0473. The van der Waals surface area contributed by atoms with Gasteiger partial charge >= 0.3 is 0 Å². The third-order valence-corrected chi connectivity index (χ3v) is 2.62. The molecule has 1 aromatic carbocycles. The highest BCUT2D eigenvalue weighted by Crippen LogP contribution is 2.18. The highest BCUT2D eigenvalue weighted by atomic mass is 16.1. The highest BCUT2D eigenvalue weighted by molar-refractivity contribution is 6.01. The normalized spacial score (nSPS) is 12.6. The summed E-state index contributed by atoms with van der Waals surface area (Å²) in [6.07, 6.45) is 1.44. The SMILES string of the molecule is CCC(=NCC(=O)CC(C)(C)C)c1ccccc1. The van der Waals surface area contributed by atoms with Gasteiger partial charge in [0.1, 0.15) is 0 Å². The van der Waals surface area contributed by atoms with Crippen LogP contribution in [-0.4, -0.2) is 18.0 Å². The van der Waals surface area contributed by atoms with Crippen molar-refractivity contribution in [3.8, 4) is 0 Å². The summed E-state index contributed by atoms with van der Waals surface area (Å²) in [6, 6.07) is 10.1. The largest absolute Gasteiger partial charge is 0.298 e. The van der Waals surface area contributed by atoms with Gasteiger partial charge in [-0.1, -0.05) is 58.0 Å². The smallest absolute Gasteiger partial charge is 0.154 e. The van der Waals surface area contributed by atoms with Gasteiger partial charge in [-0.2, -0.15) is 0 Å². The quantitative estimate of drug-likeness (QED) is 0.724. The molecule has 2 heteroatoms. The second-order valence-electron chi connectivity index (χ2n) is 5.76. The maximum absolute atomic E-state index is 11.8. The van der Waals surface area contributed by atoms with Crippen molar-refractivity contribution in [1.82, 2.24) is 0 Å². The molecule has 0 atom stereocenters. The Morgan fingerprint density at radius 1 is 1.17 bits per heavy atom. The number of benzene rings is 1. The standard InChI is InChI=1S/C16H23NO/c1-5-15(13-9-7-6-8-10-13)17-12-14(18)11-16(2,3)4/h6-10H,5,11-12H2,1-4H3. The van der Waals surface area contributed by atoms with Crippen LogP contribution in [0.1, 0.15) is 46.1 Å². The summed E-state index contributed by atoms with van der Waals surface area (Å²) < 4.78 is 0. The van der Waals surface area contributed by atoms with Crippen LogP contribution in [0.25, 0.3) is 0 Å². The van der Waals surface area contributed by atoms with E-state index in [0.717, 1.165) is 17.7 Å². The zero-order valence-electron chi connectivity index (χ0n) is 11.9. The second-order valence-corrected chi connectivity index (χ2v) is 5.76. The van der Waals surface area contributed by atoms with E-state index in [0.29, 0.717) is 13.0 Å². The topological polar surface area (TPSA) is 29.4 Å². The fraction of sp³-hybridized carbons (Fsp3) is 0.500. The molecule has 0 N–H and O–H groups in total. The summed E-state index contributed by atoms with van der Waals surface area (Å²) in [5, 5.41) is 0. The van der Waals surface area contributed by atoms with Gasteiger partial charge in [0.05, 0.1) is 6.54 Å². The van der Waals surface area contributed by atoms with Gasteiger partial charge in [-0.05, 0) is 17.4 Å². The van der Waals surface area contributed by atoms with Crippen molar-refractivity contribution < 1.29 is 4.79 Å². The lowest BCUT2D eigenvalue weighted by molar-refractivity contribution is -0.119. The number of aliphatic imine (C=N–C) groups is 1. The molecule has 0 spiro atoms. The van der Waals surface area contributed by atoms with E-state index in [1.165, 1.54) is 0 Å². The van der Waals surface area contributed by atoms with Gasteiger partial charge < -0.3 is 0 Å². The van der Waals surface area contributed by atoms with E-state index in [-0.39, 0.29) is 11.2 Å². The first kappa shape index (κ1) is 14.6. The molecule has 0 saturated carbocycles. The average Bonchev–Trinajstić information content (AvgIpc) is 2.29. The summed E-state index contributed by atoms with van der Waals surface area (Å²) in [7, 11) is 0. The van der Waals surface area contributed by atoms with E-state index in [1.54, 1.807) is 0 Å². The fourth-order valence-electron chi connectivity index (χ4n) is 1.87. The number of hydrogen-bond acceptors (Lipinski definition) is 2. The molecule has 0 fully saturated rings. The van der Waals surface area contributed by atoms with Crippen molar-refractivity contribution in [2.24, 2.45) is 10.4 Å². The first-order chi connectivity index (χ1) is 8.42. The molecule has 98 valence electrons. The van der Waals surface area contributed by atoms with Gasteiger partial charge in [0, 0.05) is 12.1 Å². The Labute approximate surface area is 110 Å². The van der Waals surface area contributed by atoms with Crippen LogP contribution < -0.4 is 0 Å². The van der Waals surface area contributed by atoms with Crippen molar-refractivity contribution in [2.75, 3.05) is 6.54 Å². The van der Waals surface area contributed by atoms with Gasteiger partial charge in [0.2, 0.25) is 0 Å². The Bertz CT molecular complexity index is 412. The van der Waals surface area contributed by atoms with Crippen LogP contribution in [0.4, 0.5) is 0 Å². The summed E-state index contributed by atoms with van der Waals surface area (Å²) in [4.78, 5) is 16.3. The van der Waals surface area contributed by atoms with Crippen molar-refractivity contribution in [3.05, 3.63) is 35.9 Å². The molecule has 0 heterocycles. The molecule has 0 aliphatic rings. The predicted octanol–water partition coefficient (Wildman–Crippen LogP) is 3.89. The Kier molecular flexibility index (Phi) is 5.26. The number of rotatable bonds is 5. The van der Waals surface area contributed by atoms with E-state index in [4.69, 9.17) is 0 Å². The molecule has 1 aromatic rings. The van der Waals surface area contributed by atoms with Crippen molar-refractivity contribution >= 4 is 11.5 Å². The van der Waals surface area contributed by atoms with Crippen LogP contribution in [0.5, 0.6) is 0 Å². The van der Waals surface area contributed by atoms with Crippen LogP contribution in [0.2, 0.25) is 0 Å². The van der Waals surface area contributed by atoms with E-state index in [2.05, 4.69) is 32.7 Å². The molecule has 18 heavy (non-hydrogen) atoms. The lowest BCUT2D eigenvalue weighted by Crippen LogP contribution is -2.16. The maximum atomic E-state index is 11.8. The van der Waals surface area contributed by atoms with Crippen LogP contribution in [0, 0.1) is 5.41 Å². The first-order valence-corrected chi connectivity index (χ1v) is 6.53. The van der Waals surface area contributed by atoms with E-state index in [9.17, 15) is 4.79 Å². The van der Waals surface area contributed by atoms with Crippen LogP contribution >= 0.6 is 0 Å². The lowest BCUT2D eigenvalue weighted by Gasteiger charge is -2.16. The molecule has 2 nitrogen and oxygen atoms in total. The predicted molar refractivity (Wildman–Crippen MR) is 77.2 cm³/mol. The van der Waals surface area contributed by atoms with Gasteiger partial charge in [-0.3, -0.25) is 9.79 Å². The summed E-state index contributed by atoms with van der Waals surface area (Å²) in [5.41, 5.74) is 2.17. The Hall–Kier alpha value is -1.44. The third kappa shape index (κ3) is 5.26. The molecule has 0 aliphatic carbocycles. The first-order valence-electron chi connectivity index (χ1n) is 6.53. The van der Waals surface area contributed by atoms with Crippen LogP contribution in [0.15, 0.2) is 35.3 Å². The number of hydrogen-bond donors (Lipinski definition) is 0. The summed E-state index contributed by atoms with van der Waals surface area (Å²) >= 11 is 0. The van der Waals surface area contributed by atoms with Crippen molar-refractivity contribution in [1.29, 1.82) is 0 Å². The van der Waals surface area contributed by atoms with Gasteiger partial charge in [-0.25, -0.2) is 0 Å². The molecular formula is C16H23NO. The van der Waals surface area contributed by atoms with E-state index < -0.39 is 0 Å². The Morgan fingerprint density at radius 2 is 1.78 bits per heavy atom. The Morgan fingerprint density at radius 3 is 2.28 bits per heavy atom. The molecular weight excluding hydrogens is 222 g/mol. The number of ketones is 1. The molecule has 0 aliphatic heterocycles. The van der Waals surface area contributed by atoms with Gasteiger partial charge in [-0.15, -0.1) is 0 Å². The second kappa shape index (κ2) is 6.48. The minimum Gasteiger partial charge on any atom is -0.298 e. The summed E-state index contributed by atoms with van der Waals surface area (Å²) in [6.45, 7) is 8.60. The number of nitrogens with zero attached hydrogens (tertiary/aromatic N) is 1. The van der Waals surface area contributed by atoms with Gasteiger partial charge in [0.15, 0.2) is 5.78 Å². The molecule has 1 rings (SSSR count). The molecule has 0 bridgehead atoms. The van der Waals surface area contributed by atoms with Gasteiger partial charge in [0.25, 0.3) is 0 Å². The molecule has 0 unspecified atom stereocenters. The number of carbonyl (C=O) groups excluding carboxylic acids is 1. The molecule has 0 saturated heterocycles. The zero-order chi connectivity index (χ0) is 13.6. The Balaban J connectivity index is 2.67. The third-order valence-electron chi connectivity index (χ3n) is 2.62. The average molecular weight is 245 g/mol. The fourth-order valence-corrected chi connectivity index (χ4v) is 1.87. The van der Waals surface area contributed by atoms with Crippen molar-refractivity contribution in [2.45, 2.75) is 40.5 Å². The van der Waals surface area contributed by atoms with Crippen molar-refractivity contribution in [3.63, 3.8) is 0 Å². The van der Waals surface area contributed by atoms with Crippen LogP contribution in [-0.2, 0) is 4.79 Å². The highest BCUT2D eigenvalue weighted by Gasteiger charge is 2.15. The molecule has 0 radical (unpaired) electrons. The van der Waals surface area contributed by atoms with E-state index in [1.807, 2.05) is 30.3 Å². The van der Waals surface area contributed by atoms with E-state index >= 15 is 0 Å².